The van der Waals surface area contributed by atoms with Crippen molar-refractivity contribution >= 4 is 33.1 Å². The zero-order chi connectivity index (χ0) is 14.4. The molecular weight excluding hydrogens is 312 g/mol. The maximum atomic E-state index is 12.8. The Morgan fingerprint density at radius 3 is 3.00 bits per heavy atom. The summed E-state index contributed by atoms with van der Waals surface area (Å²) in [5.74, 6) is 1.95. The molecule has 4 nitrogen and oxygen atoms in total. The van der Waals surface area contributed by atoms with Crippen molar-refractivity contribution in [2.45, 2.75) is 31.2 Å². The highest BCUT2D eigenvalue weighted by atomic mass is 32.2. The number of sulfonamides is 1. The lowest BCUT2D eigenvalue weighted by Gasteiger charge is -2.19. The molecule has 0 spiro atoms. The van der Waals surface area contributed by atoms with Gasteiger partial charge in [-0.05, 0) is 36.6 Å². The van der Waals surface area contributed by atoms with Crippen LogP contribution in [0.4, 0.5) is 0 Å². The molecule has 0 amide bonds. The van der Waals surface area contributed by atoms with Crippen molar-refractivity contribution < 1.29 is 8.42 Å². The number of thiophene rings is 1. The summed E-state index contributed by atoms with van der Waals surface area (Å²) in [6, 6.07) is 1.75. The molecule has 0 bridgehead atoms. The van der Waals surface area contributed by atoms with Crippen molar-refractivity contribution in [2.24, 2.45) is 0 Å². The first kappa shape index (κ1) is 16.3. The molecule has 1 aliphatic heterocycles. The maximum absolute atomic E-state index is 12.8. The molecule has 1 saturated heterocycles. The van der Waals surface area contributed by atoms with E-state index in [2.05, 4.69) is 12.2 Å². The van der Waals surface area contributed by atoms with E-state index in [-0.39, 0.29) is 0 Å². The van der Waals surface area contributed by atoms with E-state index in [1.165, 1.54) is 11.3 Å². The minimum atomic E-state index is -3.32. The third kappa shape index (κ3) is 3.98. The fraction of sp³-hybridized carbons (Fsp3) is 0.692. The van der Waals surface area contributed by atoms with E-state index in [4.69, 9.17) is 0 Å². The lowest BCUT2D eigenvalue weighted by molar-refractivity contribution is 0.434. The Kier molecular flexibility index (Phi) is 6.35. The molecule has 0 atom stereocenters. The van der Waals surface area contributed by atoms with Crippen LogP contribution in [0.25, 0.3) is 0 Å². The van der Waals surface area contributed by atoms with Gasteiger partial charge >= 0.3 is 0 Å². The fourth-order valence-electron chi connectivity index (χ4n) is 2.17. The standard InChI is InChI=1S/C13H22N2O2S3/c1-2-5-14-11-12-13(4-9-19-12)20(16,17)15-6-3-8-18-10-7-15/h4,9,14H,2-3,5-8,10-11H2,1H3. The highest BCUT2D eigenvalue weighted by Crippen LogP contribution is 2.26. The average molecular weight is 335 g/mol. The Hall–Kier alpha value is -0.0800. The van der Waals surface area contributed by atoms with E-state index in [0.717, 1.165) is 35.8 Å². The van der Waals surface area contributed by atoms with Gasteiger partial charge in [0.15, 0.2) is 0 Å². The van der Waals surface area contributed by atoms with Crippen molar-refractivity contribution in [1.29, 1.82) is 0 Å². The third-order valence-electron chi connectivity index (χ3n) is 3.22. The van der Waals surface area contributed by atoms with Crippen LogP contribution in [0.15, 0.2) is 16.3 Å². The Labute approximate surface area is 130 Å². The summed E-state index contributed by atoms with van der Waals surface area (Å²) in [5.41, 5.74) is 0. The van der Waals surface area contributed by atoms with E-state index in [1.807, 2.05) is 17.1 Å². The van der Waals surface area contributed by atoms with Gasteiger partial charge in [0.1, 0.15) is 0 Å². The minimum absolute atomic E-state index is 0.498. The van der Waals surface area contributed by atoms with Gasteiger partial charge in [-0.15, -0.1) is 11.3 Å². The van der Waals surface area contributed by atoms with Gasteiger partial charge in [-0.1, -0.05) is 6.92 Å². The molecule has 7 heteroatoms. The van der Waals surface area contributed by atoms with Gasteiger partial charge in [-0.25, -0.2) is 8.42 Å². The van der Waals surface area contributed by atoms with Crippen LogP contribution in [0.3, 0.4) is 0 Å². The van der Waals surface area contributed by atoms with Crippen molar-refractivity contribution in [2.75, 3.05) is 31.1 Å². The van der Waals surface area contributed by atoms with Crippen molar-refractivity contribution in [3.05, 3.63) is 16.3 Å². The molecule has 2 heterocycles. The van der Waals surface area contributed by atoms with Crippen LogP contribution in [0.1, 0.15) is 24.6 Å². The normalized spacial score (nSPS) is 18.1. The molecule has 1 aliphatic rings. The van der Waals surface area contributed by atoms with E-state index in [0.29, 0.717) is 24.5 Å². The van der Waals surface area contributed by atoms with Gasteiger partial charge in [0.25, 0.3) is 0 Å². The molecule has 0 aromatic carbocycles. The number of nitrogens with one attached hydrogen (secondary N) is 1. The van der Waals surface area contributed by atoms with Crippen LogP contribution in [-0.4, -0.2) is 43.9 Å². The van der Waals surface area contributed by atoms with Gasteiger partial charge in [-0.2, -0.15) is 16.1 Å². The van der Waals surface area contributed by atoms with Crippen LogP contribution in [0, 0.1) is 0 Å². The summed E-state index contributed by atoms with van der Waals surface area (Å²) in [6.07, 6.45) is 1.99. The van der Waals surface area contributed by atoms with Gasteiger partial charge in [0.05, 0.1) is 4.90 Å². The minimum Gasteiger partial charge on any atom is -0.312 e. The highest BCUT2D eigenvalue weighted by molar-refractivity contribution is 7.99. The monoisotopic (exact) mass is 334 g/mol. The zero-order valence-corrected chi connectivity index (χ0v) is 14.2. The van der Waals surface area contributed by atoms with Gasteiger partial charge < -0.3 is 5.32 Å². The molecule has 1 aromatic rings. The van der Waals surface area contributed by atoms with Crippen LogP contribution in [-0.2, 0) is 16.6 Å². The van der Waals surface area contributed by atoms with E-state index in [1.54, 1.807) is 10.4 Å². The number of hydrogen-bond acceptors (Lipinski definition) is 5. The Balaban J connectivity index is 2.14. The van der Waals surface area contributed by atoms with E-state index in [9.17, 15) is 8.42 Å². The van der Waals surface area contributed by atoms with Crippen LogP contribution < -0.4 is 5.32 Å². The Morgan fingerprint density at radius 2 is 2.20 bits per heavy atom. The third-order valence-corrected chi connectivity index (χ3v) is 7.30. The molecule has 0 unspecified atom stereocenters. The molecule has 1 N–H and O–H groups in total. The fourth-order valence-corrected chi connectivity index (χ4v) is 6.03. The summed E-state index contributed by atoms with van der Waals surface area (Å²) in [7, 11) is -3.32. The van der Waals surface area contributed by atoms with Crippen molar-refractivity contribution in [3.8, 4) is 0 Å². The van der Waals surface area contributed by atoms with Crippen LogP contribution in [0.2, 0.25) is 0 Å². The van der Waals surface area contributed by atoms with Crippen molar-refractivity contribution in [3.63, 3.8) is 0 Å². The molecular formula is C13H22N2O2S3. The molecule has 1 fully saturated rings. The van der Waals surface area contributed by atoms with E-state index < -0.39 is 10.0 Å². The van der Waals surface area contributed by atoms with Gasteiger partial charge in [0, 0.05) is 30.3 Å². The summed E-state index contributed by atoms with van der Waals surface area (Å²) >= 11 is 3.36. The van der Waals surface area contributed by atoms with Gasteiger partial charge in [0.2, 0.25) is 10.0 Å². The first-order valence-electron chi connectivity index (χ1n) is 7.01. The molecule has 0 saturated carbocycles. The topological polar surface area (TPSA) is 49.4 Å². The summed E-state index contributed by atoms with van der Waals surface area (Å²) in [4.78, 5) is 1.42. The molecule has 0 radical (unpaired) electrons. The molecule has 1 aromatic heterocycles. The number of hydrogen-bond donors (Lipinski definition) is 1. The molecule has 2 rings (SSSR count). The first-order valence-corrected chi connectivity index (χ1v) is 10.5. The van der Waals surface area contributed by atoms with E-state index >= 15 is 0 Å². The lowest BCUT2D eigenvalue weighted by atomic mass is 10.4. The predicted octanol–water partition coefficient (Wildman–Crippen LogP) is 2.38. The first-order chi connectivity index (χ1) is 9.66. The smallest absolute Gasteiger partial charge is 0.244 e. The summed E-state index contributed by atoms with van der Waals surface area (Å²) in [6.45, 7) is 4.94. The predicted molar refractivity (Wildman–Crippen MR) is 87.0 cm³/mol. The number of thioether (sulfide) groups is 1. The Morgan fingerprint density at radius 1 is 1.35 bits per heavy atom. The van der Waals surface area contributed by atoms with Crippen LogP contribution in [0.5, 0.6) is 0 Å². The zero-order valence-electron chi connectivity index (χ0n) is 11.8. The lowest BCUT2D eigenvalue weighted by Crippen LogP contribution is -2.33. The largest absolute Gasteiger partial charge is 0.312 e. The highest BCUT2D eigenvalue weighted by Gasteiger charge is 2.28. The second kappa shape index (κ2) is 7.79. The second-order valence-electron chi connectivity index (χ2n) is 4.75. The van der Waals surface area contributed by atoms with Gasteiger partial charge in [-0.3, -0.25) is 0 Å². The number of nitrogens with zero attached hydrogens (tertiary/aromatic N) is 1. The Bertz CT molecular complexity index is 505. The van der Waals surface area contributed by atoms with Crippen molar-refractivity contribution in [1.82, 2.24) is 9.62 Å². The quantitative estimate of drug-likeness (QED) is 0.812. The average Bonchev–Trinajstić information content (AvgIpc) is 2.73. The van der Waals surface area contributed by atoms with Crippen LogP contribution >= 0.6 is 23.1 Å². The SMILES string of the molecule is CCCNCc1sccc1S(=O)(=O)N1CCCSCC1. The number of rotatable bonds is 6. The molecule has 114 valence electrons. The summed E-state index contributed by atoms with van der Waals surface area (Å²) in [5, 5.41) is 5.17. The maximum Gasteiger partial charge on any atom is 0.244 e. The molecule has 0 aliphatic carbocycles. The second-order valence-corrected chi connectivity index (χ2v) is 8.89. The summed E-state index contributed by atoms with van der Waals surface area (Å²) < 4.78 is 27.2. The molecule has 20 heavy (non-hydrogen) atoms.